The highest BCUT2D eigenvalue weighted by atomic mass is 19.1. The van der Waals surface area contributed by atoms with Crippen molar-refractivity contribution in [2.24, 2.45) is 0 Å². The molecule has 0 spiro atoms. The smallest absolute Gasteiger partial charge is 0.168 e. The number of benzene rings is 1. The average molecular weight is 257 g/mol. The number of hydrogen-bond donors (Lipinski definition) is 1. The van der Waals surface area contributed by atoms with E-state index in [1.807, 2.05) is 6.92 Å². The van der Waals surface area contributed by atoms with E-state index < -0.39 is 0 Å². The number of rotatable bonds is 2. The summed E-state index contributed by atoms with van der Waals surface area (Å²) in [6.45, 7) is 2.30. The van der Waals surface area contributed by atoms with Gasteiger partial charge in [0.05, 0.1) is 17.8 Å². The number of nitrogens with two attached hydrogens (primary N) is 1. The second kappa shape index (κ2) is 4.31. The lowest BCUT2D eigenvalue weighted by molar-refractivity contribution is 0.627. The molecule has 0 aliphatic rings. The second-order valence-corrected chi connectivity index (χ2v) is 4.32. The van der Waals surface area contributed by atoms with Crippen LogP contribution < -0.4 is 5.73 Å². The Balaban J connectivity index is 2.11. The standard InChI is InChI=1S/C13H12FN5/c1-8-13(15)17-18-19(8)7-9-4-5-11(14)10-3-2-6-16-12(9)10/h2-6H,7,15H2,1H3. The highest BCUT2D eigenvalue weighted by Gasteiger charge is 2.10. The number of anilines is 1. The second-order valence-electron chi connectivity index (χ2n) is 4.32. The van der Waals surface area contributed by atoms with E-state index in [0.717, 1.165) is 11.3 Å². The number of nitrogen functional groups attached to an aromatic ring is 1. The van der Waals surface area contributed by atoms with Crippen molar-refractivity contribution in [2.75, 3.05) is 5.73 Å². The van der Waals surface area contributed by atoms with Gasteiger partial charge in [-0.3, -0.25) is 4.98 Å². The van der Waals surface area contributed by atoms with E-state index in [4.69, 9.17) is 5.73 Å². The monoisotopic (exact) mass is 257 g/mol. The Morgan fingerprint density at radius 1 is 1.32 bits per heavy atom. The molecule has 0 radical (unpaired) electrons. The van der Waals surface area contributed by atoms with Crippen molar-refractivity contribution in [3.8, 4) is 0 Å². The third-order valence-electron chi connectivity index (χ3n) is 3.14. The van der Waals surface area contributed by atoms with Crippen molar-refractivity contribution in [2.45, 2.75) is 13.5 Å². The molecular formula is C13H12FN5. The van der Waals surface area contributed by atoms with Gasteiger partial charge >= 0.3 is 0 Å². The third kappa shape index (κ3) is 1.91. The summed E-state index contributed by atoms with van der Waals surface area (Å²) in [6.07, 6.45) is 1.65. The van der Waals surface area contributed by atoms with Crippen LogP contribution in [0.2, 0.25) is 0 Å². The first-order valence-corrected chi connectivity index (χ1v) is 5.84. The van der Waals surface area contributed by atoms with Crippen LogP contribution in [0.4, 0.5) is 10.2 Å². The van der Waals surface area contributed by atoms with Gasteiger partial charge in [-0.15, -0.1) is 5.10 Å². The number of aromatic nitrogens is 4. The number of fused-ring (bicyclic) bond motifs is 1. The predicted molar refractivity (Wildman–Crippen MR) is 70.0 cm³/mol. The molecule has 0 atom stereocenters. The Kier molecular flexibility index (Phi) is 2.63. The Morgan fingerprint density at radius 2 is 2.16 bits per heavy atom. The topological polar surface area (TPSA) is 69.6 Å². The summed E-state index contributed by atoms with van der Waals surface area (Å²) in [4.78, 5) is 4.24. The zero-order valence-corrected chi connectivity index (χ0v) is 10.3. The van der Waals surface area contributed by atoms with Crippen molar-refractivity contribution < 1.29 is 4.39 Å². The van der Waals surface area contributed by atoms with Crippen LogP contribution in [-0.2, 0) is 6.54 Å². The Bertz CT molecular complexity index is 750. The van der Waals surface area contributed by atoms with Gasteiger partial charge in [0, 0.05) is 17.1 Å². The molecule has 2 heterocycles. The van der Waals surface area contributed by atoms with Gasteiger partial charge in [-0.2, -0.15) is 0 Å². The molecule has 19 heavy (non-hydrogen) atoms. The minimum absolute atomic E-state index is 0.276. The van der Waals surface area contributed by atoms with Gasteiger partial charge in [0.15, 0.2) is 5.82 Å². The molecule has 3 aromatic rings. The lowest BCUT2D eigenvalue weighted by atomic mass is 10.1. The fraction of sp³-hybridized carbons (Fsp3) is 0.154. The molecule has 2 aromatic heterocycles. The number of nitrogens with zero attached hydrogens (tertiary/aromatic N) is 4. The Labute approximate surface area is 108 Å². The van der Waals surface area contributed by atoms with Crippen molar-refractivity contribution in [3.05, 3.63) is 47.5 Å². The van der Waals surface area contributed by atoms with Crippen LogP contribution in [0, 0.1) is 12.7 Å². The molecule has 0 amide bonds. The molecule has 0 fully saturated rings. The summed E-state index contributed by atoms with van der Waals surface area (Å²) in [7, 11) is 0. The van der Waals surface area contributed by atoms with E-state index in [-0.39, 0.29) is 5.82 Å². The third-order valence-corrected chi connectivity index (χ3v) is 3.14. The van der Waals surface area contributed by atoms with Gasteiger partial charge in [-0.1, -0.05) is 11.3 Å². The first kappa shape index (κ1) is 11.6. The summed E-state index contributed by atoms with van der Waals surface area (Å²) in [5, 5.41) is 8.27. The summed E-state index contributed by atoms with van der Waals surface area (Å²) in [6, 6.07) is 6.58. The van der Waals surface area contributed by atoms with Crippen LogP contribution in [-0.4, -0.2) is 20.0 Å². The molecule has 2 N–H and O–H groups in total. The maximum atomic E-state index is 13.7. The van der Waals surface area contributed by atoms with Crippen LogP contribution in [0.15, 0.2) is 30.5 Å². The minimum atomic E-state index is -0.276. The fourth-order valence-electron chi connectivity index (χ4n) is 2.01. The van der Waals surface area contributed by atoms with E-state index in [9.17, 15) is 4.39 Å². The molecule has 0 unspecified atom stereocenters. The van der Waals surface area contributed by atoms with E-state index in [1.165, 1.54) is 6.07 Å². The van der Waals surface area contributed by atoms with E-state index in [1.54, 1.807) is 29.1 Å². The molecule has 1 aromatic carbocycles. The molecule has 5 nitrogen and oxygen atoms in total. The summed E-state index contributed by atoms with van der Waals surface area (Å²) in [5.41, 5.74) is 7.96. The molecule has 3 rings (SSSR count). The first-order valence-electron chi connectivity index (χ1n) is 5.84. The Morgan fingerprint density at radius 3 is 2.89 bits per heavy atom. The van der Waals surface area contributed by atoms with E-state index in [0.29, 0.717) is 23.3 Å². The Hall–Kier alpha value is -2.50. The maximum absolute atomic E-state index is 13.7. The van der Waals surface area contributed by atoms with Crippen molar-refractivity contribution in [1.29, 1.82) is 0 Å². The molecule has 0 saturated heterocycles. The highest BCUT2D eigenvalue weighted by Crippen LogP contribution is 2.21. The molecule has 96 valence electrons. The van der Waals surface area contributed by atoms with Crippen LogP contribution in [0.5, 0.6) is 0 Å². The predicted octanol–water partition coefficient (Wildman–Crippen LogP) is 1.90. The number of pyridine rings is 1. The van der Waals surface area contributed by atoms with Crippen LogP contribution in [0.25, 0.3) is 10.9 Å². The van der Waals surface area contributed by atoms with Gasteiger partial charge in [0.25, 0.3) is 0 Å². The molecule has 6 heteroatoms. The fourth-order valence-corrected chi connectivity index (χ4v) is 2.01. The van der Waals surface area contributed by atoms with Gasteiger partial charge in [-0.25, -0.2) is 9.07 Å². The first-order chi connectivity index (χ1) is 9.16. The minimum Gasteiger partial charge on any atom is -0.381 e. The SMILES string of the molecule is Cc1c(N)nnn1Cc1ccc(F)c2cccnc12. The quantitative estimate of drug-likeness (QED) is 0.761. The summed E-state index contributed by atoms with van der Waals surface area (Å²) >= 11 is 0. The van der Waals surface area contributed by atoms with Crippen molar-refractivity contribution in [1.82, 2.24) is 20.0 Å². The average Bonchev–Trinajstić information content (AvgIpc) is 2.74. The van der Waals surface area contributed by atoms with Gasteiger partial charge in [0.1, 0.15) is 5.82 Å². The zero-order valence-electron chi connectivity index (χ0n) is 10.3. The zero-order chi connectivity index (χ0) is 13.4. The van der Waals surface area contributed by atoms with E-state index >= 15 is 0 Å². The summed E-state index contributed by atoms with van der Waals surface area (Å²) in [5.74, 6) is 0.126. The van der Waals surface area contributed by atoms with Crippen LogP contribution in [0.1, 0.15) is 11.3 Å². The lowest BCUT2D eigenvalue weighted by Gasteiger charge is -2.07. The van der Waals surface area contributed by atoms with Gasteiger partial charge in [0.2, 0.25) is 0 Å². The molecule has 0 bridgehead atoms. The van der Waals surface area contributed by atoms with Crippen molar-refractivity contribution in [3.63, 3.8) is 0 Å². The number of halogens is 1. The highest BCUT2D eigenvalue weighted by molar-refractivity contribution is 5.82. The van der Waals surface area contributed by atoms with Crippen LogP contribution >= 0.6 is 0 Å². The van der Waals surface area contributed by atoms with E-state index in [2.05, 4.69) is 15.3 Å². The molecule has 0 aliphatic heterocycles. The normalized spacial score (nSPS) is 11.1. The molecule has 0 saturated carbocycles. The lowest BCUT2D eigenvalue weighted by Crippen LogP contribution is -2.05. The molecular weight excluding hydrogens is 245 g/mol. The molecule has 0 aliphatic carbocycles. The van der Waals surface area contributed by atoms with Crippen LogP contribution in [0.3, 0.4) is 0 Å². The van der Waals surface area contributed by atoms with Gasteiger partial charge < -0.3 is 5.73 Å². The van der Waals surface area contributed by atoms with Crippen molar-refractivity contribution >= 4 is 16.7 Å². The summed E-state index contributed by atoms with van der Waals surface area (Å²) < 4.78 is 15.4. The number of hydrogen-bond acceptors (Lipinski definition) is 4. The largest absolute Gasteiger partial charge is 0.381 e. The maximum Gasteiger partial charge on any atom is 0.168 e. The van der Waals surface area contributed by atoms with Gasteiger partial charge in [-0.05, 0) is 25.1 Å².